The SMILES string of the molecule is Cc1n[nH]c(C)c1I(c1ccccc1)S(=O)(=O)C(F)(F)F. The molecule has 9 heteroatoms. The van der Waals surface area contributed by atoms with Gasteiger partial charge in [-0.25, -0.2) is 0 Å². The zero-order valence-electron chi connectivity index (χ0n) is 11.1. The van der Waals surface area contributed by atoms with Crippen molar-refractivity contribution >= 4 is 25.4 Å². The summed E-state index contributed by atoms with van der Waals surface area (Å²) in [7, 11) is -5.26. The summed E-state index contributed by atoms with van der Waals surface area (Å²) in [5, 5.41) is 6.41. The standard InChI is InChI=1S/C12H12F3IN2O2S/c1-8-11(9(2)18-17-8)16(10-6-4-3-5-7-10)21(19,20)12(13,14)15/h3-7H,1-2H3,(H,17,18). The Hall–Kier alpha value is -1.10. The van der Waals surface area contributed by atoms with Crippen molar-refractivity contribution in [2.24, 2.45) is 0 Å². The van der Waals surface area contributed by atoms with Crippen molar-refractivity contribution in [1.82, 2.24) is 10.2 Å². The summed E-state index contributed by atoms with van der Waals surface area (Å²) >= 11 is -3.78. The van der Waals surface area contributed by atoms with E-state index in [0.29, 0.717) is 11.4 Å². The predicted molar refractivity (Wildman–Crippen MR) is 80.9 cm³/mol. The maximum atomic E-state index is 13.0. The first-order valence-electron chi connectivity index (χ1n) is 5.74. The van der Waals surface area contributed by atoms with Crippen molar-refractivity contribution in [2.45, 2.75) is 19.4 Å². The molecule has 0 aliphatic carbocycles. The average molecular weight is 432 g/mol. The minimum atomic E-state index is -5.27. The summed E-state index contributed by atoms with van der Waals surface area (Å²) in [5.74, 6) is 0. The number of H-pyrrole nitrogens is 1. The van der Waals surface area contributed by atoms with Crippen molar-refractivity contribution in [3.05, 3.63) is 48.9 Å². The Morgan fingerprint density at radius 3 is 2.14 bits per heavy atom. The van der Waals surface area contributed by atoms with E-state index in [0.717, 1.165) is 0 Å². The number of hydrogen-bond acceptors (Lipinski definition) is 3. The second-order valence-corrected chi connectivity index (χ2v) is 14.8. The quantitative estimate of drug-likeness (QED) is 0.598. The van der Waals surface area contributed by atoms with Gasteiger partial charge in [-0.15, -0.1) is 0 Å². The Morgan fingerprint density at radius 1 is 1.14 bits per heavy atom. The number of hydrogen-bond donors (Lipinski definition) is 1. The molecule has 21 heavy (non-hydrogen) atoms. The van der Waals surface area contributed by atoms with Crippen LogP contribution in [-0.2, 0) is 7.01 Å². The number of rotatable bonds is 3. The molecule has 0 aliphatic rings. The number of nitrogens with zero attached hydrogens (tertiary/aromatic N) is 1. The first kappa shape index (κ1) is 16.3. The monoisotopic (exact) mass is 432 g/mol. The normalized spacial score (nSPS) is 13.3. The first-order chi connectivity index (χ1) is 9.66. The van der Waals surface area contributed by atoms with E-state index in [-0.39, 0.29) is 7.14 Å². The van der Waals surface area contributed by atoms with Gasteiger partial charge < -0.3 is 0 Å². The number of nitrogens with one attached hydrogen (secondary N) is 1. The van der Waals surface area contributed by atoms with E-state index in [1.165, 1.54) is 38.1 Å². The molecule has 1 aromatic heterocycles. The molecule has 116 valence electrons. The molecule has 0 saturated heterocycles. The zero-order chi connectivity index (χ0) is 15.8. The molecule has 1 heterocycles. The van der Waals surface area contributed by atoms with E-state index in [4.69, 9.17) is 0 Å². The van der Waals surface area contributed by atoms with Crippen molar-refractivity contribution < 1.29 is 21.6 Å². The van der Waals surface area contributed by atoms with Crippen LogP contribution in [0.25, 0.3) is 0 Å². The van der Waals surface area contributed by atoms with Gasteiger partial charge in [-0.3, -0.25) is 0 Å². The molecule has 0 bridgehead atoms. The van der Waals surface area contributed by atoms with Crippen LogP contribution >= 0.6 is 18.4 Å². The number of aromatic nitrogens is 2. The third kappa shape index (κ3) is 2.93. The number of aryl methyl sites for hydroxylation is 2. The Morgan fingerprint density at radius 2 is 1.71 bits per heavy atom. The fourth-order valence-corrected chi connectivity index (χ4v) is 13.2. The topological polar surface area (TPSA) is 62.8 Å². The second-order valence-electron chi connectivity index (χ2n) is 4.18. The number of aromatic amines is 1. The fraction of sp³-hybridized carbons (Fsp3) is 0.250. The van der Waals surface area contributed by atoms with E-state index < -0.39 is 31.0 Å². The molecule has 0 atom stereocenters. The molecular weight excluding hydrogens is 420 g/mol. The first-order valence-corrected chi connectivity index (χ1v) is 11.9. The van der Waals surface area contributed by atoms with Crippen LogP contribution in [0.15, 0.2) is 30.3 Å². The summed E-state index contributed by atoms with van der Waals surface area (Å²) in [4.78, 5) is 0. The molecule has 1 N–H and O–H groups in total. The van der Waals surface area contributed by atoms with Crippen LogP contribution in [0.3, 0.4) is 0 Å². The van der Waals surface area contributed by atoms with Gasteiger partial charge in [-0.1, -0.05) is 0 Å². The van der Waals surface area contributed by atoms with E-state index in [1.807, 2.05) is 0 Å². The maximum absolute atomic E-state index is 13.0. The van der Waals surface area contributed by atoms with Crippen LogP contribution in [0.2, 0.25) is 0 Å². The molecule has 0 radical (unpaired) electrons. The van der Waals surface area contributed by atoms with Gasteiger partial charge in [0.05, 0.1) is 0 Å². The van der Waals surface area contributed by atoms with Gasteiger partial charge in [0.25, 0.3) is 0 Å². The summed E-state index contributed by atoms with van der Waals surface area (Å²) in [6.45, 7) is 3.05. The number of benzene rings is 1. The third-order valence-corrected chi connectivity index (χ3v) is 15.2. The summed E-state index contributed by atoms with van der Waals surface area (Å²) in [6.07, 6.45) is 0. The van der Waals surface area contributed by atoms with Gasteiger partial charge >= 0.3 is 125 Å². The van der Waals surface area contributed by atoms with Gasteiger partial charge in [-0.2, -0.15) is 0 Å². The molecule has 0 amide bonds. The van der Waals surface area contributed by atoms with Crippen molar-refractivity contribution in [3.63, 3.8) is 0 Å². The molecule has 0 saturated carbocycles. The van der Waals surface area contributed by atoms with E-state index in [1.54, 1.807) is 6.07 Å². The van der Waals surface area contributed by atoms with Crippen LogP contribution in [-0.4, -0.2) is 24.1 Å². The number of halogens is 4. The summed E-state index contributed by atoms with van der Waals surface area (Å²) in [5.41, 5.74) is -4.60. The molecular formula is C12H12F3IN2O2S. The van der Waals surface area contributed by atoms with Crippen LogP contribution < -0.4 is 0 Å². The average Bonchev–Trinajstić information content (AvgIpc) is 2.71. The predicted octanol–water partition coefficient (Wildman–Crippen LogP) is 3.42. The van der Waals surface area contributed by atoms with Crippen LogP contribution in [0.5, 0.6) is 0 Å². The van der Waals surface area contributed by atoms with Gasteiger partial charge in [0, 0.05) is 0 Å². The summed E-state index contributed by atoms with van der Waals surface area (Å²) in [6, 6.07) is 7.57. The van der Waals surface area contributed by atoms with E-state index >= 15 is 0 Å². The Labute approximate surface area is 125 Å². The van der Waals surface area contributed by atoms with Crippen LogP contribution in [0, 0.1) is 21.0 Å². The Balaban J connectivity index is 2.74. The fourth-order valence-electron chi connectivity index (χ4n) is 1.73. The number of alkyl halides is 3. The third-order valence-electron chi connectivity index (χ3n) is 2.62. The van der Waals surface area contributed by atoms with Crippen LogP contribution in [0.4, 0.5) is 13.2 Å². The van der Waals surface area contributed by atoms with E-state index in [2.05, 4.69) is 10.2 Å². The van der Waals surface area contributed by atoms with Gasteiger partial charge in [-0.05, 0) is 0 Å². The van der Waals surface area contributed by atoms with Crippen molar-refractivity contribution in [3.8, 4) is 0 Å². The van der Waals surface area contributed by atoms with Gasteiger partial charge in [0.15, 0.2) is 0 Å². The zero-order valence-corrected chi connectivity index (χ0v) is 14.0. The Kier molecular flexibility index (Phi) is 4.34. The minimum absolute atomic E-state index is 0.197. The summed E-state index contributed by atoms with van der Waals surface area (Å²) < 4.78 is 63.7. The molecule has 0 unspecified atom stereocenters. The molecule has 1 aromatic carbocycles. The molecule has 0 aliphatic heterocycles. The van der Waals surface area contributed by atoms with Crippen LogP contribution in [0.1, 0.15) is 11.4 Å². The Bertz CT molecular complexity index is 722. The molecule has 0 fully saturated rings. The van der Waals surface area contributed by atoms with E-state index in [9.17, 15) is 21.6 Å². The molecule has 2 aromatic rings. The second kappa shape index (κ2) is 5.59. The van der Waals surface area contributed by atoms with Crippen molar-refractivity contribution in [2.75, 3.05) is 0 Å². The molecule has 0 spiro atoms. The molecule has 4 nitrogen and oxygen atoms in total. The van der Waals surface area contributed by atoms with Gasteiger partial charge in [0.1, 0.15) is 0 Å². The molecule has 2 rings (SSSR count). The van der Waals surface area contributed by atoms with Gasteiger partial charge in [0.2, 0.25) is 0 Å². The van der Waals surface area contributed by atoms with Crippen molar-refractivity contribution in [1.29, 1.82) is 0 Å².